The molecule has 1 N–H and O–H groups in total. The molecule has 33 heavy (non-hydrogen) atoms. The highest BCUT2D eigenvalue weighted by molar-refractivity contribution is 9.10. The molecule has 1 aromatic carbocycles. The van der Waals surface area contributed by atoms with Crippen molar-refractivity contribution in [3.8, 4) is 5.75 Å². The third-order valence-corrected chi connectivity index (χ3v) is 7.76. The topological polar surface area (TPSA) is 94.8 Å². The van der Waals surface area contributed by atoms with E-state index < -0.39 is 0 Å². The van der Waals surface area contributed by atoms with Crippen LogP contribution in [0.1, 0.15) is 48.9 Å². The second-order valence-corrected chi connectivity index (χ2v) is 10.5. The van der Waals surface area contributed by atoms with Crippen LogP contribution in [0.5, 0.6) is 5.75 Å². The summed E-state index contributed by atoms with van der Waals surface area (Å²) < 4.78 is 8.71. The minimum Gasteiger partial charge on any atom is -0.486 e. The van der Waals surface area contributed by atoms with Crippen molar-refractivity contribution in [2.45, 2.75) is 56.3 Å². The lowest BCUT2D eigenvalue weighted by Crippen LogP contribution is -2.15. The van der Waals surface area contributed by atoms with Gasteiger partial charge in [-0.25, -0.2) is 0 Å². The first-order valence-electron chi connectivity index (χ1n) is 10.8. The molecule has 174 valence electrons. The van der Waals surface area contributed by atoms with Gasteiger partial charge < -0.3 is 4.74 Å². The monoisotopic (exact) mass is 548 g/mol. The van der Waals surface area contributed by atoms with E-state index in [0.29, 0.717) is 28.6 Å². The molecule has 1 fully saturated rings. The molecule has 1 saturated carbocycles. The summed E-state index contributed by atoms with van der Waals surface area (Å²) in [5.74, 6) is 1.94. The first kappa shape index (κ1) is 23.9. The molecule has 2 heterocycles. The zero-order valence-corrected chi connectivity index (χ0v) is 21.3. The van der Waals surface area contributed by atoms with Crippen LogP contribution in [0.4, 0.5) is 5.13 Å². The van der Waals surface area contributed by atoms with Gasteiger partial charge in [-0.15, -0.1) is 27.0 Å². The number of carbonyl (C=O) groups is 1. The maximum absolute atomic E-state index is 12.5. The van der Waals surface area contributed by atoms with Crippen molar-refractivity contribution in [1.29, 1.82) is 0 Å². The summed E-state index contributed by atoms with van der Waals surface area (Å²) in [6.45, 7) is 4.61. The summed E-state index contributed by atoms with van der Waals surface area (Å²) in [4.78, 5) is 12.5. The Hall–Kier alpha value is -2.24. The second kappa shape index (κ2) is 11.8. The Kier molecular flexibility index (Phi) is 8.51. The number of rotatable bonds is 10. The third kappa shape index (κ3) is 6.64. The van der Waals surface area contributed by atoms with Gasteiger partial charge in [-0.2, -0.15) is 0 Å². The van der Waals surface area contributed by atoms with Crippen molar-refractivity contribution >= 4 is 50.1 Å². The normalized spacial score (nSPS) is 14.2. The smallest absolute Gasteiger partial charge is 0.236 e. The number of hydrogen-bond donors (Lipinski definition) is 1. The predicted octanol–water partition coefficient (Wildman–Crippen LogP) is 5.44. The van der Waals surface area contributed by atoms with Crippen molar-refractivity contribution in [1.82, 2.24) is 25.0 Å². The molecule has 3 aromatic rings. The van der Waals surface area contributed by atoms with E-state index in [1.807, 2.05) is 28.8 Å². The fourth-order valence-corrected chi connectivity index (χ4v) is 5.57. The Morgan fingerprint density at radius 2 is 2.00 bits per heavy atom. The number of halogens is 1. The SMILES string of the molecule is C=CCn1c(COc2ccc(Br)cc2)nnc1SCC(=O)Nc1nnc(C2CCCCC2)s1. The number of carbonyl (C=O) groups excluding carboxylic acids is 1. The minimum absolute atomic E-state index is 0.146. The van der Waals surface area contributed by atoms with Crippen LogP contribution >= 0.6 is 39.0 Å². The molecular weight excluding hydrogens is 524 g/mol. The number of benzene rings is 1. The summed E-state index contributed by atoms with van der Waals surface area (Å²) in [5, 5.41) is 22.0. The highest BCUT2D eigenvalue weighted by Crippen LogP contribution is 2.35. The fraction of sp³-hybridized carbons (Fsp3) is 0.409. The molecule has 0 spiro atoms. The summed E-state index contributed by atoms with van der Waals surface area (Å²) in [5.41, 5.74) is 0. The lowest BCUT2D eigenvalue weighted by atomic mass is 9.90. The van der Waals surface area contributed by atoms with Crippen LogP contribution in [0.2, 0.25) is 0 Å². The Morgan fingerprint density at radius 1 is 1.21 bits per heavy atom. The van der Waals surface area contributed by atoms with Crippen LogP contribution in [0.15, 0.2) is 46.5 Å². The highest BCUT2D eigenvalue weighted by Gasteiger charge is 2.20. The summed E-state index contributed by atoms with van der Waals surface area (Å²) in [6.07, 6.45) is 7.86. The molecule has 0 radical (unpaired) electrons. The van der Waals surface area contributed by atoms with Gasteiger partial charge in [0.2, 0.25) is 11.0 Å². The Bertz CT molecular complexity index is 1080. The van der Waals surface area contributed by atoms with Gasteiger partial charge >= 0.3 is 0 Å². The number of nitrogens with zero attached hydrogens (tertiary/aromatic N) is 5. The number of allylic oxidation sites excluding steroid dienone is 1. The average molecular weight is 550 g/mol. The lowest BCUT2D eigenvalue weighted by molar-refractivity contribution is -0.113. The molecule has 0 atom stereocenters. The van der Waals surface area contributed by atoms with Gasteiger partial charge in [-0.05, 0) is 37.1 Å². The zero-order valence-electron chi connectivity index (χ0n) is 18.1. The fourth-order valence-electron chi connectivity index (χ4n) is 3.61. The Morgan fingerprint density at radius 3 is 2.76 bits per heavy atom. The molecule has 1 aliphatic rings. The van der Waals surface area contributed by atoms with Crippen molar-refractivity contribution in [2.24, 2.45) is 0 Å². The van der Waals surface area contributed by atoms with Crippen molar-refractivity contribution < 1.29 is 9.53 Å². The van der Waals surface area contributed by atoms with E-state index in [0.717, 1.165) is 28.1 Å². The first-order valence-corrected chi connectivity index (χ1v) is 13.4. The van der Waals surface area contributed by atoms with Gasteiger partial charge in [-0.3, -0.25) is 14.7 Å². The highest BCUT2D eigenvalue weighted by atomic mass is 79.9. The first-order chi connectivity index (χ1) is 16.1. The minimum atomic E-state index is -0.146. The average Bonchev–Trinajstić information content (AvgIpc) is 3.45. The van der Waals surface area contributed by atoms with E-state index in [9.17, 15) is 4.79 Å². The largest absolute Gasteiger partial charge is 0.486 e. The number of thioether (sulfide) groups is 1. The van der Waals surface area contributed by atoms with Crippen LogP contribution < -0.4 is 10.1 Å². The summed E-state index contributed by atoms with van der Waals surface area (Å²) in [6, 6.07) is 7.59. The second-order valence-electron chi connectivity index (χ2n) is 7.66. The van der Waals surface area contributed by atoms with E-state index in [2.05, 4.69) is 48.2 Å². The Labute approximate surface area is 209 Å². The quantitative estimate of drug-likeness (QED) is 0.266. The van der Waals surface area contributed by atoms with Crippen LogP contribution in [0, 0.1) is 0 Å². The molecule has 1 amide bonds. The number of anilines is 1. The van der Waals surface area contributed by atoms with Crippen molar-refractivity contribution in [3.05, 3.63) is 52.2 Å². The number of amides is 1. The van der Waals surface area contributed by atoms with Gasteiger partial charge in [0.25, 0.3) is 0 Å². The molecule has 1 aliphatic carbocycles. The van der Waals surface area contributed by atoms with Crippen LogP contribution in [-0.4, -0.2) is 36.6 Å². The summed E-state index contributed by atoms with van der Waals surface area (Å²) in [7, 11) is 0. The molecule has 8 nitrogen and oxygen atoms in total. The van der Waals surface area contributed by atoms with Gasteiger partial charge in [0, 0.05) is 16.9 Å². The van der Waals surface area contributed by atoms with Gasteiger partial charge in [0.1, 0.15) is 17.4 Å². The number of hydrogen-bond acceptors (Lipinski definition) is 8. The molecule has 11 heteroatoms. The number of ether oxygens (including phenoxy) is 1. The molecule has 0 bridgehead atoms. The van der Waals surface area contributed by atoms with Crippen LogP contribution in [0.25, 0.3) is 0 Å². The molecule has 0 aliphatic heterocycles. The number of nitrogens with one attached hydrogen (secondary N) is 1. The van der Waals surface area contributed by atoms with E-state index >= 15 is 0 Å². The molecular formula is C22H25BrN6O2S2. The molecule has 2 aromatic heterocycles. The van der Waals surface area contributed by atoms with E-state index in [1.54, 1.807) is 6.08 Å². The Balaban J connectivity index is 1.31. The van der Waals surface area contributed by atoms with E-state index in [-0.39, 0.29) is 18.3 Å². The third-order valence-electron chi connectivity index (χ3n) is 5.26. The molecule has 4 rings (SSSR count). The predicted molar refractivity (Wildman–Crippen MR) is 134 cm³/mol. The maximum Gasteiger partial charge on any atom is 0.236 e. The molecule has 0 unspecified atom stereocenters. The van der Waals surface area contributed by atoms with Crippen LogP contribution in [0.3, 0.4) is 0 Å². The van der Waals surface area contributed by atoms with Crippen molar-refractivity contribution in [3.63, 3.8) is 0 Å². The van der Waals surface area contributed by atoms with E-state index in [1.165, 1.54) is 42.4 Å². The zero-order chi connectivity index (χ0) is 23.0. The molecule has 0 saturated heterocycles. The number of aromatic nitrogens is 5. The maximum atomic E-state index is 12.5. The van der Waals surface area contributed by atoms with Gasteiger partial charge in [0.15, 0.2) is 11.0 Å². The van der Waals surface area contributed by atoms with Crippen LogP contribution in [-0.2, 0) is 17.9 Å². The van der Waals surface area contributed by atoms with Gasteiger partial charge in [0.05, 0.1) is 5.75 Å². The van der Waals surface area contributed by atoms with Crippen molar-refractivity contribution in [2.75, 3.05) is 11.1 Å². The van der Waals surface area contributed by atoms with Gasteiger partial charge in [-0.1, -0.05) is 64.4 Å². The van der Waals surface area contributed by atoms with E-state index in [4.69, 9.17) is 4.74 Å². The standard InChI is InChI=1S/C22H25BrN6O2S2/c1-2-12-29-18(13-31-17-10-8-16(23)9-11-17)25-28-22(29)32-14-19(30)24-21-27-26-20(33-21)15-6-4-3-5-7-15/h2,8-11,15H,1,3-7,12-14H2,(H,24,27,30). The lowest BCUT2D eigenvalue weighted by Gasteiger charge is -2.18. The summed E-state index contributed by atoms with van der Waals surface area (Å²) >= 11 is 6.21.